The Labute approximate surface area is 121 Å². The highest BCUT2D eigenvalue weighted by Crippen LogP contribution is 2.16. The average molecular weight is 284 g/mol. The van der Waals surface area contributed by atoms with Crippen LogP contribution in [-0.2, 0) is 13.0 Å². The second kappa shape index (κ2) is 5.35. The highest BCUT2D eigenvalue weighted by atomic mass is 16.5. The lowest BCUT2D eigenvalue weighted by atomic mass is 10.1. The van der Waals surface area contributed by atoms with Gasteiger partial charge in [-0.1, -0.05) is 17.3 Å². The minimum Gasteiger partial charge on any atom is -0.399 e. The molecule has 0 atom stereocenters. The lowest BCUT2D eigenvalue weighted by Crippen LogP contribution is -2.08. The van der Waals surface area contributed by atoms with E-state index in [-0.39, 0.29) is 0 Å². The van der Waals surface area contributed by atoms with Crippen LogP contribution in [0.4, 0.5) is 5.69 Å². The lowest BCUT2D eigenvalue weighted by Gasteiger charge is -2.05. The van der Waals surface area contributed by atoms with Crippen molar-refractivity contribution in [1.82, 2.24) is 25.4 Å². The van der Waals surface area contributed by atoms with Gasteiger partial charge in [-0.05, 0) is 42.0 Å². The number of hydrogen-bond donors (Lipinski definition) is 1. The van der Waals surface area contributed by atoms with Gasteiger partial charge in [0.05, 0.1) is 12.2 Å². The molecule has 0 aliphatic heterocycles. The van der Waals surface area contributed by atoms with Crippen molar-refractivity contribution in [1.29, 1.82) is 0 Å². The molecule has 3 rings (SSSR count). The number of nitrogens with two attached hydrogens (primary N) is 1. The van der Waals surface area contributed by atoms with Crippen molar-refractivity contribution in [3.8, 4) is 0 Å². The zero-order chi connectivity index (χ0) is 14.8. The first kappa shape index (κ1) is 13.3. The molecule has 2 heterocycles. The van der Waals surface area contributed by atoms with Gasteiger partial charge in [0.25, 0.3) is 0 Å². The first-order chi connectivity index (χ1) is 10.1. The summed E-state index contributed by atoms with van der Waals surface area (Å²) in [6.07, 6.45) is 0.600. The second-order valence-corrected chi connectivity index (χ2v) is 4.97. The molecule has 0 aliphatic rings. The number of nitrogen functional groups attached to an aromatic ring is 1. The van der Waals surface area contributed by atoms with Gasteiger partial charge >= 0.3 is 0 Å². The molecule has 7 nitrogen and oxygen atoms in total. The van der Waals surface area contributed by atoms with Gasteiger partial charge in [0, 0.05) is 17.7 Å². The highest BCUT2D eigenvalue weighted by molar-refractivity contribution is 5.39. The van der Waals surface area contributed by atoms with Gasteiger partial charge in [0.15, 0.2) is 5.82 Å². The zero-order valence-electron chi connectivity index (χ0n) is 11.9. The van der Waals surface area contributed by atoms with Crippen LogP contribution in [0.5, 0.6) is 0 Å². The van der Waals surface area contributed by atoms with Crippen LogP contribution in [0.3, 0.4) is 0 Å². The van der Waals surface area contributed by atoms with E-state index in [0.29, 0.717) is 13.0 Å². The van der Waals surface area contributed by atoms with Crippen molar-refractivity contribution in [3.63, 3.8) is 0 Å². The third-order valence-electron chi connectivity index (χ3n) is 3.43. The van der Waals surface area contributed by atoms with E-state index < -0.39 is 0 Å². The maximum atomic E-state index is 5.69. The van der Waals surface area contributed by atoms with Gasteiger partial charge in [-0.3, -0.25) is 0 Å². The number of benzene rings is 1. The van der Waals surface area contributed by atoms with E-state index in [4.69, 9.17) is 10.3 Å². The Bertz CT molecular complexity index is 724. The lowest BCUT2D eigenvalue weighted by molar-refractivity contribution is 0.392. The van der Waals surface area contributed by atoms with E-state index in [1.165, 1.54) is 0 Å². The Morgan fingerprint density at radius 3 is 2.62 bits per heavy atom. The summed E-state index contributed by atoms with van der Waals surface area (Å²) >= 11 is 0. The van der Waals surface area contributed by atoms with Gasteiger partial charge in [-0.2, -0.15) is 0 Å². The number of anilines is 1. The van der Waals surface area contributed by atoms with Gasteiger partial charge in [-0.15, -0.1) is 5.10 Å². The van der Waals surface area contributed by atoms with Crippen LogP contribution in [0.1, 0.15) is 28.4 Å². The van der Waals surface area contributed by atoms with E-state index >= 15 is 0 Å². The van der Waals surface area contributed by atoms with Gasteiger partial charge in [0.2, 0.25) is 0 Å². The summed E-state index contributed by atoms with van der Waals surface area (Å²) in [5, 5.41) is 15.9. The topological polar surface area (TPSA) is 95.6 Å². The molecule has 0 saturated carbocycles. The van der Waals surface area contributed by atoms with Crippen LogP contribution >= 0.6 is 0 Å². The molecule has 0 amide bonds. The molecule has 2 aromatic heterocycles. The fourth-order valence-corrected chi connectivity index (χ4v) is 2.18. The third-order valence-corrected chi connectivity index (χ3v) is 3.43. The van der Waals surface area contributed by atoms with Crippen LogP contribution in [0.15, 0.2) is 28.8 Å². The molecule has 1 aromatic carbocycles. The number of aryl methyl sites for hydroxylation is 2. The molecular formula is C14H16N6O. The number of nitrogens with zero attached hydrogens (tertiary/aromatic N) is 5. The van der Waals surface area contributed by atoms with Crippen LogP contribution < -0.4 is 5.73 Å². The summed E-state index contributed by atoms with van der Waals surface area (Å²) in [7, 11) is 0. The monoisotopic (exact) mass is 284 g/mol. The Balaban J connectivity index is 1.82. The molecule has 0 radical (unpaired) electrons. The van der Waals surface area contributed by atoms with Crippen LogP contribution in [-0.4, -0.2) is 25.4 Å². The highest BCUT2D eigenvalue weighted by Gasteiger charge is 2.14. The fourth-order valence-electron chi connectivity index (χ4n) is 2.18. The Morgan fingerprint density at radius 2 is 1.95 bits per heavy atom. The maximum Gasteiger partial charge on any atom is 0.156 e. The molecule has 0 saturated heterocycles. The summed E-state index contributed by atoms with van der Waals surface area (Å²) in [6.45, 7) is 4.41. The molecule has 0 fully saturated rings. The molecule has 21 heavy (non-hydrogen) atoms. The van der Waals surface area contributed by atoms with Crippen molar-refractivity contribution in [2.45, 2.75) is 26.8 Å². The van der Waals surface area contributed by atoms with E-state index in [0.717, 1.165) is 34.1 Å². The third kappa shape index (κ3) is 2.76. The molecule has 2 N–H and O–H groups in total. The molecule has 0 bridgehead atoms. The zero-order valence-corrected chi connectivity index (χ0v) is 11.9. The van der Waals surface area contributed by atoms with Crippen LogP contribution in [0.25, 0.3) is 0 Å². The van der Waals surface area contributed by atoms with Gasteiger partial charge in [0.1, 0.15) is 5.76 Å². The Kier molecular flexibility index (Phi) is 3.39. The minimum absolute atomic E-state index is 0.600. The molecule has 7 heteroatoms. The standard InChI is InChI=1S/C14H16N6O/c1-9-13(10(2)21-17-9)7-14-16-18-19-20(14)8-11-3-5-12(15)6-4-11/h3-6H,7-8,15H2,1-2H3. The Morgan fingerprint density at radius 1 is 1.19 bits per heavy atom. The Hall–Kier alpha value is -2.70. The van der Waals surface area contributed by atoms with Crippen LogP contribution in [0.2, 0.25) is 0 Å². The van der Waals surface area contributed by atoms with Crippen molar-refractivity contribution >= 4 is 5.69 Å². The SMILES string of the molecule is Cc1noc(C)c1Cc1nnnn1Cc1ccc(N)cc1. The molecular weight excluding hydrogens is 268 g/mol. The van der Waals surface area contributed by atoms with Crippen molar-refractivity contribution in [2.75, 3.05) is 5.73 Å². The first-order valence-corrected chi connectivity index (χ1v) is 6.64. The van der Waals surface area contributed by atoms with Gasteiger partial charge in [-0.25, -0.2) is 4.68 Å². The van der Waals surface area contributed by atoms with E-state index in [9.17, 15) is 0 Å². The van der Waals surface area contributed by atoms with Gasteiger partial charge < -0.3 is 10.3 Å². The molecule has 0 aliphatic carbocycles. The summed E-state index contributed by atoms with van der Waals surface area (Å²) in [5.74, 6) is 1.58. The van der Waals surface area contributed by atoms with E-state index in [1.54, 1.807) is 4.68 Å². The van der Waals surface area contributed by atoms with E-state index in [1.807, 2.05) is 38.1 Å². The first-order valence-electron chi connectivity index (χ1n) is 6.64. The van der Waals surface area contributed by atoms with Crippen molar-refractivity contribution < 1.29 is 4.52 Å². The summed E-state index contributed by atoms with van der Waals surface area (Å²) in [5.41, 5.74) is 9.43. The summed E-state index contributed by atoms with van der Waals surface area (Å²) in [4.78, 5) is 0. The van der Waals surface area contributed by atoms with E-state index in [2.05, 4.69) is 20.7 Å². The summed E-state index contributed by atoms with van der Waals surface area (Å²) in [6, 6.07) is 7.68. The van der Waals surface area contributed by atoms with Crippen molar-refractivity contribution in [2.24, 2.45) is 0 Å². The van der Waals surface area contributed by atoms with Crippen molar-refractivity contribution in [3.05, 3.63) is 52.7 Å². The predicted molar refractivity (Wildman–Crippen MR) is 76.6 cm³/mol. The second-order valence-electron chi connectivity index (χ2n) is 4.97. The largest absolute Gasteiger partial charge is 0.399 e. The number of rotatable bonds is 4. The molecule has 0 unspecified atom stereocenters. The molecule has 108 valence electrons. The summed E-state index contributed by atoms with van der Waals surface area (Å²) < 4.78 is 6.95. The predicted octanol–water partition coefficient (Wildman–Crippen LogP) is 1.50. The minimum atomic E-state index is 0.600. The average Bonchev–Trinajstić information content (AvgIpc) is 3.03. The smallest absolute Gasteiger partial charge is 0.156 e. The number of aromatic nitrogens is 5. The molecule has 0 spiro atoms. The number of hydrogen-bond acceptors (Lipinski definition) is 6. The number of tetrazole rings is 1. The molecule has 3 aromatic rings. The quantitative estimate of drug-likeness (QED) is 0.729. The van der Waals surface area contributed by atoms with Crippen LogP contribution in [0, 0.1) is 13.8 Å². The normalized spacial score (nSPS) is 11.0. The fraction of sp³-hybridized carbons (Fsp3) is 0.286. The maximum absolute atomic E-state index is 5.69.